The smallest absolute Gasteiger partial charge is 0.171 e. The largest absolute Gasteiger partial charge is 0.507 e. The summed E-state index contributed by atoms with van der Waals surface area (Å²) in [4.78, 5) is -0.237. The minimum absolute atomic E-state index is 0.154. The summed E-state index contributed by atoms with van der Waals surface area (Å²) in [6, 6.07) is 5.00. The van der Waals surface area contributed by atoms with E-state index in [9.17, 15) is 25.7 Å². The molecule has 9 heteroatoms. The molecule has 0 radical (unpaired) electrons. The molecule has 0 unspecified atom stereocenters. The highest BCUT2D eigenvalue weighted by Gasteiger charge is 2.21. The third-order valence-electron chi connectivity index (χ3n) is 3.55. The van der Waals surface area contributed by atoms with Gasteiger partial charge in [0.15, 0.2) is 17.3 Å². The number of alkyl halides is 1. The minimum atomic E-state index is -0.433. The first kappa shape index (κ1) is 20.3. The van der Waals surface area contributed by atoms with Crippen LogP contribution >= 0.6 is 44.1 Å². The highest BCUT2D eigenvalue weighted by atomic mass is 79.9. The fraction of sp³-hybridized carbons (Fsp3) is 0.176. The summed E-state index contributed by atoms with van der Waals surface area (Å²) in [6.45, 7) is 0.232. The van der Waals surface area contributed by atoms with Crippen molar-refractivity contribution in [2.24, 2.45) is 0 Å². The molecule has 0 heterocycles. The number of nitrogens with zero attached hydrogens (tertiary/aromatic N) is 1. The maximum Gasteiger partial charge on any atom is 0.171 e. The lowest BCUT2D eigenvalue weighted by atomic mass is 10.00. The summed E-state index contributed by atoms with van der Waals surface area (Å²) in [5.41, 5.74) is 1.48. The molecule has 1 aromatic carbocycles. The molecule has 0 bridgehead atoms. The first-order valence-corrected chi connectivity index (χ1v) is 9.41. The molecule has 0 amide bonds. The lowest BCUT2D eigenvalue weighted by molar-refractivity contribution is 0.322. The molecule has 1 atom stereocenters. The molecule has 136 valence electrons. The Morgan fingerprint density at radius 1 is 1.35 bits per heavy atom. The minimum Gasteiger partial charge on any atom is -0.507 e. The Morgan fingerprint density at radius 2 is 2.04 bits per heavy atom. The van der Waals surface area contributed by atoms with Gasteiger partial charge in [0.25, 0.3) is 0 Å². The second-order valence-corrected chi connectivity index (χ2v) is 7.83. The molecule has 0 spiro atoms. The number of phenolic OH excluding ortho intramolecular Hbond substituents is 2. The zero-order chi connectivity index (χ0) is 19.4. The Hall–Kier alpha value is -2.02. The number of aliphatic hydroxyl groups is 2. The van der Waals surface area contributed by atoms with Crippen LogP contribution in [-0.2, 0) is 6.54 Å². The second kappa shape index (κ2) is 8.58. The van der Waals surface area contributed by atoms with Crippen LogP contribution in [0.3, 0.4) is 0 Å². The quantitative estimate of drug-likeness (QED) is 0.138. The monoisotopic (exact) mass is 500 g/mol. The molecule has 0 aliphatic heterocycles. The highest BCUT2D eigenvalue weighted by molar-refractivity contribution is 9.10. The van der Waals surface area contributed by atoms with Gasteiger partial charge in [-0.3, -0.25) is 0 Å². The van der Waals surface area contributed by atoms with Crippen molar-refractivity contribution in [1.82, 2.24) is 5.32 Å². The van der Waals surface area contributed by atoms with Crippen molar-refractivity contribution in [1.29, 1.82) is 5.26 Å². The van der Waals surface area contributed by atoms with E-state index in [0.29, 0.717) is 22.0 Å². The number of nitriles is 1. The number of aromatic hydroxyl groups is 2. The number of benzene rings is 1. The van der Waals surface area contributed by atoms with E-state index >= 15 is 0 Å². The van der Waals surface area contributed by atoms with Crippen LogP contribution in [0.1, 0.15) is 12.0 Å². The van der Waals surface area contributed by atoms with Gasteiger partial charge in [-0.25, -0.2) is 0 Å². The van der Waals surface area contributed by atoms with E-state index in [4.69, 9.17) is 12.2 Å². The van der Waals surface area contributed by atoms with Gasteiger partial charge < -0.3 is 25.7 Å². The molecule has 0 fully saturated rings. The number of aliphatic hydroxyl groups excluding tert-OH is 2. The van der Waals surface area contributed by atoms with Crippen molar-refractivity contribution in [2.45, 2.75) is 17.8 Å². The van der Waals surface area contributed by atoms with Crippen LogP contribution in [0, 0.1) is 11.3 Å². The van der Waals surface area contributed by atoms with Gasteiger partial charge in [0, 0.05) is 6.54 Å². The third-order valence-corrected chi connectivity index (χ3v) is 5.27. The van der Waals surface area contributed by atoms with Crippen LogP contribution in [0.2, 0.25) is 0 Å². The van der Waals surface area contributed by atoms with E-state index in [1.165, 1.54) is 18.2 Å². The van der Waals surface area contributed by atoms with Crippen LogP contribution in [0.4, 0.5) is 0 Å². The van der Waals surface area contributed by atoms with Gasteiger partial charge in [-0.1, -0.05) is 28.1 Å². The summed E-state index contributed by atoms with van der Waals surface area (Å²) in [5.74, 6) is -0.932. The van der Waals surface area contributed by atoms with Gasteiger partial charge in [-0.05, 0) is 57.8 Å². The Bertz CT molecular complexity index is 864. The maximum absolute atomic E-state index is 9.68. The Labute approximate surface area is 172 Å². The topological polar surface area (TPSA) is 117 Å². The van der Waals surface area contributed by atoms with Crippen LogP contribution in [0.15, 0.2) is 51.4 Å². The lowest BCUT2D eigenvalue weighted by Gasteiger charge is -2.16. The predicted molar refractivity (Wildman–Crippen MR) is 108 cm³/mol. The van der Waals surface area contributed by atoms with E-state index in [0.717, 1.165) is 0 Å². The average Bonchev–Trinajstić information content (AvgIpc) is 2.59. The zero-order valence-corrected chi connectivity index (χ0v) is 17.2. The third kappa shape index (κ3) is 4.78. The molecular formula is C17H14Br2N2O4S. The number of thiocarbonyl (C=S) groups is 1. The number of halogens is 2. The Kier molecular flexibility index (Phi) is 6.69. The number of allylic oxidation sites excluding steroid dienone is 4. The van der Waals surface area contributed by atoms with Gasteiger partial charge in [0.1, 0.15) is 16.8 Å². The molecule has 1 aliphatic carbocycles. The predicted octanol–water partition coefficient (Wildman–Crippen LogP) is 4.15. The number of hydrogen-bond donors (Lipinski definition) is 5. The SMILES string of the molecule is N#C/C(=C\C1=CC(O)=C(O)[C@H](Br)C1)C(=S)NCc1cc(O)c(O)c(Br)c1. The van der Waals surface area contributed by atoms with Crippen LogP contribution < -0.4 is 5.32 Å². The zero-order valence-electron chi connectivity index (χ0n) is 13.2. The van der Waals surface area contributed by atoms with Crippen molar-refractivity contribution in [3.63, 3.8) is 0 Å². The summed E-state index contributed by atoms with van der Waals surface area (Å²) in [7, 11) is 0. The van der Waals surface area contributed by atoms with E-state index in [-0.39, 0.29) is 40.1 Å². The fourth-order valence-electron chi connectivity index (χ4n) is 2.23. The maximum atomic E-state index is 9.68. The van der Waals surface area contributed by atoms with Gasteiger partial charge in [-0.2, -0.15) is 5.26 Å². The van der Waals surface area contributed by atoms with Crippen molar-refractivity contribution >= 4 is 49.1 Å². The van der Waals surface area contributed by atoms with Gasteiger partial charge in [-0.15, -0.1) is 0 Å². The van der Waals surface area contributed by atoms with Crippen molar-refractivity contribution in [2.75, 3.05) is 0 Å². The van der Waals surface area contributed by atoms with E-state index < -0.39 is 4.83 Å². The molecule has 0 saturated carbocycles. The van der Waals surface area contributed by atoms with E-state index in [1.54, 1.807) is 6.07 Å². The molecule has 1 aliphatic rings. The molecule has 6 nitrogen and oxygen atoms in total. The fourth-order valence-corrected chi connectivity index (χ4v) is 3.51. The van der Waals surface area contributed by atoms with E-state index in [1.807, 2.05) is 6.07 Å². The molecule has 2 rings (SSSR count). The molecule has 0 aromatic heterocycles. The van der Waals surface area contributed by atoms with Crippen molar-refractivity contribution in [3.8, 4) is 17.6 Å². The Morgan fingerprint density at radius 3 is 2.62 bits per heavy atom. The average molecular weight is 502 g/mol. The highest BCUT2D eigenvalue weighted by Crippen LogP contribution is 2.34. The summed E-state index contributed by atoms with van der Waals surface area (Å²) < 4.78 is 0.342. The van der Waals surface area contributed by atoms with Gasteiger partial charge in [0.05, 0.1) is 14.9 Å². The number of phenols is 2. The lowest BCUT2D eigenvalue weighted by Crippen LogP contribution is -2.22. The molecular weight excluding hydrogens is 488 g/mol. The van der Waals surface area contributed by atoms with Crippen LogP contribution in [-0.4, -0.2) is 30.2 Å². The summed E-state index contributed by atoms with van der Waals surface area (Å²) in [5, 5.41) is 50.7. The molecule has 5 N–H and O–H groups in total. The second-order valence-electron chi connectivity index (χ2n) is 5.46. The summed E-state index contributed by atoms with van der Waals surface area (Å²) >= 11 is 11.6. The number of nitrogens with one attached hydrogen (secondary N) is 1. The molecule has 26 heavy (non-hydrogen) atoms. The van der Waals surface area contributed by atoms with Gasteiger partial charge in [0.2, 0.25) is 0 Å². The first-order chi connectivity index (χ1) is 12.2. The number of hydrogen-bond acceptors (Lipinski definition) is 6. The van der Waals surface area contributed by atoms with Crippen LogP contribution in [0.5, 0.6) is 11.5 Å². The van der Waals surface area contributed by atoms with E-state index in [2.05, 4.69) is 37.2 Å². The molecule has 1 aromatic rings. The standard InChI is InChI=1S/C17H14Br2N2O4S/c18-11-2-8(4-13(22)15(11)24)1-10(6-20)17(26)21-7-9-3-12(19)16(25)14(23)5-9/h1,3-5,11,22-25H,2,7H2,(H,21,26)/b10-1+/t11-/m1/s1. The Balaban J connectivity index is 2.13. The molecule has 0 saturated heterocycles. The normalized spacial score (nSPS) is 17.5. The van der Waals surface area contributed by atoms with Gasteiger partial charge >= 0.3 is 0 Å². The summed E-state index contributed by atoms with van der Waals surface area (Å²) in [6.07, 6.45) is 3.31. The first-order valence-electron chi connectivity index (χ1n) is 7.30. The number of rotatable bonds is 4. The van der Waals surface area contributed by atoms with Crippen molar-refractivity contribution < 1.29 is 20.4 Å². The van der Waals surface area contributed by atoms with Crippen LogP contribution in [0.25, 0.3) is 0 Å². The van der Waals surface area contributed by atoms with Crippen molar-refractivity contribution in [3.05, 3.63) is 57.0 Å².